The van der Waals surface area contributed by atoms with E-state index >= 15 is 0 Å². The Hall–Kier alpha value is -1.48. The van der Waals surface area contributed by atoms with Crippen LogP contribution in [0.15, 0.2) is 28.2 Å². The van der Waals surface area contributed by atoms with E-state index in [1.165, 1.54) is 18.0 Å². The van der Waals surface area contributed by atoms with Crippen LogP contribution in [0.2, 0.25) is 0 Å². The molecule has 0 aliphatic carbocycles. The number of hydrogen-bond donors (Lipinski definition) is 5. The van der Waals surface area contributed by atoms with E-state index in [4.69, 9.17) is 11.6 Å². The summed E-state index contributed by atoms with van der Waals surface area (Å²) in [7, 11) is 1.90. The van der Waals surface area contributed by atoms with E-state index < -0.39 is 0 Å². The van der Waals surface area contributed by atoms with E-state index in [1.54, 1.807) is 11.9 Å². The molecule has 2 atom stereocenters. The smallest absolute Gasteiger partial charge is 0.154 e. The molecule has 0 bridgehead atoms. The van der Waals surface area contributed by atoms with Crippen molar-refractivity contribution in [1.29, 1.82) is 0 Å². The van der Waals surface area contributed by atoms with Crippen LogP contribution in [-0.4, -0.2) is 43.2 Å². The van der Waals surface area contributed by atoms with Crippen LogP contribution < -0.4 is 26.9 Å². The van der Waals surface area contributed by atoms with Gasteiger partial charge in [0, 0.05) is 28.7 Å². The molecule has 0 spiro atoms. The Balaban J connectivity index is 2.25. The number of nitrogens with one attached hydrogen (secondary N) is 3. The van der Waals surface area contributed by atoms with Gasteiger partial charge in [0.25, 0.3) is 0 Å². The summed E-state index contributed by atoms with van der Waals surface area (Å²) in [6.07, 6.45) is 5.60. The van der Waals surface area contributed by atoms with E-state index in [-0.39, 0.29) is 6.04 Å². The first kappa shape index (κ1) is 21.8. The van der Waals surface area contributed by atoms with E-state index in [0.29, 0.717) is 11.9 Å². The van der Waals surface area contributed by atoms with E-state index in [2.05, 4.69) is 52.5 Å². The number of benzene rings is 1. The molecule has 0 aromatic heterocycles. The molecule has 7 N–H and O–H groups in total. The largest absolute Gasteiger partial charge is 0.382 e. The van der Waals surface area contributed by atoms with Crippen molar-refractivity contribution in [2.45, 2.75) is 62.9 Å². The fourth-order valence-electron chi connectivity index (χ4n) is 3.22. The van der Waals surface area contributed by atoms with E-state index in [1.807, 2.05) is 7.05 Å². The normalized spacial score (nSPS) is 18.5. The zero-order valence-electron chi connectivity index (χ0n) is 16.8. The van der Waals surface area contributed by atoms with Crippen LogP contribution in [0.3, 0.4) is 0 Å². The topological polar surface area (TPSA) is 104 Å². The number of hydrogen-bond acceptors (Lipinski definition) is 7. The molecular weight excluding hydrogens is 358 g/mol. The number of unbranched alkanes of at least 4 members (excludes halogenated alkanes) is 1. The van der Waals surface area contributed by atoms with Crippen molar-refractivity contribution in [3.63, 3.8) is 0 Å². The lowest BCUT2D eigenvalue weighted by atomic mass is 10.1. The maximum absolute atomic E-state index is 6.38. The average molecular weight is 394 g/mol. The van der Waals surface area contributed by atoms with E-state index in [9.17, 15) is 0 Å². The quantitative estimate of drug-likeness (QED) is 0.129. The molecule has 2 unspecified atom stereocenters. The third-order valence-electron chi connectivity index (χ3n) is 4.88. The Morgan fingerprint density at radius 3 is 2.89 bits per heavy atom. The molecule has 1 aromatic carbocycles. The highest BCUT2D eigenvalue weighted by molar-refractivity contribution is 7.97. The van der Waals surface area contributed by atoms with Gasteiger partial charge in [-0.25, -0.2) is 11.0 Å². The monoisotopic (exact) mass is 393 g/mol. The zero-order valence-corrected chi connectivity index (χ0v) is 17.6. The predicted molar refractivity (Wildman–Crippen MR) is 117 cm³/mol. The average Bonchev–Trinajstić information content (AvgIpc) is 3.21. The first-order valence-corrected chi connectivity index (χ1v) is 10.7. The first-order valence-electron chi connectivity index (χ1n) is 9.92. The molecule has 1 aliphatic rings. The maximum Gasteiger partial charge on any atom is 0.154 e. The number of anilines is 1. The van der Waals surface area contributed by atoms with Gasteiger partial charge in [-0.1, -0.05) is 26.7 Å². The van der Waals surface area contributed by atoms with Crippen LogP contribution in [0.5, 0.6) is 0 Å². The summed E-state index contributed by atoms with van der Waals surface area (Å²) in [5, 5.41) is 13.0. The molecule has 1 aliphatic heterocycles. The molecule has 0 saturated carbocycles. The second kappa shape index (κ2) is 11.4. The number of amidine groups is 1. The van der Waals surface area contributed by atoms with Gasteiger partial charge in [-0.05, 0) is 63.0 Å². The summed E-state index contributed by atoms with van der Waals surface area (Å²) in [6.45, 7) is 6.23. The lowest BCUT2D eigenvalue weighted by Crippen LogP contribution is -2.40. The van der Waals surface area contributed by atoms with Crippen molar-refractivity contribution in [3.05, 3.63) is 23.8 Å². The lowest BCUT2D eigenvalue weighted by molar-refractivity contribution is 0.224. The van der Waals surface area contributed by atoms with Crippen molar-refractivity contribution in [2.24, 2.45) is 16.7 Å². The first-order chi connectivity index (χ1) is 13.1. The molecule has 7 nitrogen and oxygen atoms in total. The van der Waals surface area contributed by atoms with Gasteiger partial charge in [0.1, 0.15) is 0 Å². The highest BCUT2D eigenvalue weighted by Crippen LogP contribution is 2.25. The second-order valence-corrected chi connectivity index (χ2v) is 8.00. The number of hydrazine groups is 1. The summed E-state index contributed by atoms with van der Waals surface area (Å²) in [4.78, 5) is 1.09. The summed E-state index contributed by atoms with van der Waals surface area (Å²) >= 11 is 1.56. The van der Waals surface area contributed by atoms with Crippen LogP contribution in [0.1, 0.15) is 51.5 Å². The molecule has 0 radical (unpaired) electrons. The van der Waals surface area contributed by atoms with Gasteiger partial charge in [-0.3, -0.25) is 4.72 Å². The van der Waals surface area contributed by atoms with Gasteiger partial charge in [0.2, 0.25) is 0 Å². The molecule has 1 saturated heterocycles. The Labute approximate surface area is 167 Å². The number of rotatable bonds is 11. The molecule has 152 valence electrons. The summed E-state index contributed by atoms with van der Waals surface area (Å²) in [5.74, 6) is 6.59. The highest BCUT2D eigenvalue weighted by atomic mass is 32.2. The number of nitrogens with two attached hydrogens (primary N) is 2. The highest BCUT2D eigenvalue weighted by Gasteiger charge is 2.20. The zero-order chi connectivity index (χ0) is 19.6. The van der Waals surface area contributed by atoms with Gasteiger partial charge < -0.3 is 16.4 Å². The van der Waals surface area contributed by atoms with Crippen molar-refractivity contribution in [1.82, 2.24) is 15.2 Å². The Morgan fingerprint density at radius 2 is 2.26 bits per heavy atom. The van der Waals surface area contributed by atoms with Crippen molar-refractivity contribution < 1.29 is 0 Å². The van der Waals surface area contributed by atoms with Crippen molar-refractivity contribution in [3.8, 4) is 0 Å². The van der Waals surface area contributed by atoms with Gasteiger partial charge >= 0.3 is 0 Å². The Morgan fingerprint density at radius 1 is 1.44 bits per heavy atom. The number of hydrazone groups is 1. The number of nitrogens with zero attached hydrogens (tertiary/aromatic N) is 2. The van der Waals surface area contributed by atoms with Gasteiger partial charge in [-0.15, -0.1) is 5.10 Å². The van der Waals surface area contributed by atoms with Crippen molar-refractivity contribution >= 4 is 23.5 Å². The van der Waals surface area contributed by atoms with Gasteiger partial charge in [-0.2, -0.15) is 0 Å². The minimum absolute atomic E-state index is 0.183. The van der Waals surface area contributed by atoms with Crippen LogP contribution >= 0.6 is 11.9 Å². The summed E-state index contributed by atoms with van der Waals surface area (Å²) < 4.78 is 3.11. The second-order valence-electron chi connectivity index (χ2n) is 6.92. The molecule has 2 rings (SSSR count). The fourth-order valence-corrected chi connectivity index (χ4v) is 3.76. The van der Waals surface area contributed by atoms with Crippen LogP contribution in [-0.2, 0) is 0 Å². The van der Waals surface area contributed by atoms with Gasteiger partial charge in [0.05, 0.1) is 6.04 Å². The minimum atomic E-state index is 0.183. The molecular formula is C19H35N7S. The maximum atomic E-state index is 6.38. The molecule has 1 aromatic rings. The van der Waals surface area contributed by atoms with Crippen LogP contribution in [0, 0.1) is 0 Å². The molecule has 1 fully saturated rings. The molecule has 0 amide bonds. The SMILES string of the molecule is CCCCC(CC)Nc1ccc(SNC)cc1/C(N)=N/N(N)C1CCNC1. The molecule has 27 heavy (non-hydrogen) atoms. The Kier molecular flexibility index (Phi) is 9.20. The van der Waals surface area contributed by atoms with Crippen LogP contribution in [0.25, 0.3) is 0 Å². The van der Waals surface area contributed by atoms with E-state index in [0.717, 1.165) is 48.5 Å². The van der Waals surface area contributed by atoms with Crippen molar-refractivity contribution in [2.75, 3.05) is 25.5 Å². The fraction of sp³-hybridized carbons (Fsp3) is 0.632. The summed E-state index contributed by atoms with van der Waals surface area (Å²) in [6, 6.07) is 6.85. The Bertz CT molecular complexity index is 602. The third-order valence-corrected chi connectivity index (χ3v) is 5.57. The van der Waals surface area contributed by atoms with Crippen LogP contribution in [0.4, 0.5) is 5.69 Å². The summed E-state index contributed by atoms with van der Waals surface area (Å²) in [5.41, 5.74) is 8.29. The third kappa shape index (κ3) is 6.57. The lowest BCUT2D eigenvalue weighted by Gasteiger charge is -2.23. The molecule has 8 heteroatoms. The van der Waals surface area contributed by atoms with Gasteiger partial charge in [0.15, 0.2) is 5.84 Å². The minimum Gasteiger partial charge on any atom is -0.382 e. The molecule has 1 heterocycles. The predicted octanol–water partition coefficient (Wildman–Crippen LogP) is 2.45. The standard InChI is InChI=1S/C19H35N7S/c1-4-6-7-14(5-2)24-18-9-8-16(27-22-3)12-17(18)19(20)25-26(21)15-10-11-23-13-15/h8-9,12,14-15,22-24H,4-7,10-11,13,21H2,1-3H3,(H2,20,25).